The molecule has 100 valence electrons. The molecular weight excluding hydrogens is 280 g/mol. The van der Waals surface area contributed by atoms with Gasteiger partial charge in [0.05, 0.1) is 6.20 Å². The number of rotatable bonds is 2. The Morgan fingerprint density at radius 3 is 3.11 bits per heavy atom. The van der Waals surface area contributed by atoms with E-state index in [9.17, 15) is 4.79 Å². The van der Waals surface area contributed by atoms with Gasteiger partial charge in [0.25, 0.3) is 5.91 Å². The molecule has 0 unspecified atom stereocenters. The molecule has 3 heterocycles. The SMILES string of the molecule is O=C(c1ccno1)N1CCS[C@H](c2cccs2)CC1. The lowest BCUT2D eigenvalue weighted by molar-refractivity contribution is 0.0725. The quantitative estimate of drug-likeness (QED) is 0.854. The molecule has 4 nitrogen and oxygen atoms in total. The largest absolute Gasteiger partial charge is 0.351 e. The maximum absolute atomic E-state index is 12.2. The van der Waals surface area contributed by atoms with E-state index >= 15 is 0 Å². The summed E-state index contributed by atoms with van der Waals surface area (Å²) in [5.74, 6) is 1.24. The number of thioether (sulfide) groups is 1. The number of nitrogens with zero attached hydrogens (tertiary/aromatic N) is 2. The molecular formula is C13H14N2O2S2. The smallest absolute Gasteiger partial charge is 0.292 e. The lowest BCUT2D eigenvalue weighted by Crippen LogP contribution is -2.32. The summed E-state index contributed by atoms with van der Waals surface area (Å²) in [5, 5.41) is 6.21. The molecule has 0 N–H and O–H groups in total. The topological polar surface area (TPSA) is 46.3 Å². The van der Waals surface area contributed by atoms with E-state index in [0.717, 1.165) is 25.3 Å². The zero-order valence-electron chi connectivity index (χ0n) is 10.3. The number of carbonyl (C=O) groups excluding carboxylic acids is 1. The van der Waals surface area contributed by atoms with Gasteiger partial charge in [0, 0.05) is 35.0 Å². The average Bonchev–Trinajstić information content (AvgIpc) is 3.08. The van der Waals surface area contributed by atoms with Gasteiger partial charge in [-0.2, -0.15) is 11.8 Å². The molecule has 1 aliphatic heterocycles. The van der Waals surface area contributed by atoms with Gasteiger partial charge in [0.15, 0.2) is 0 Å². The number of hydrogen-bond donors (Lipinski definition) is 0. The van der Waals surface area contributed by atoms with Crippen molar-refractivity contribution in [1.29, 1.82) is 0 Å². The third kappa shape index (κ3) is 2.84. The first-order valence-electron chi connectivity index (χ1n) is 6.19. The Bertz CT molecular complexity index is 525. The second-order valence-corrected chi connectivity index (χ2v) is 6.62. The van der Waals surface area contributed by atoms with Crippen LogP contribution in [0.3, 0.4) is 0 Å². The molecule has 0 aromatic carbocycles. The Hall–Kier alpha value is -1.27. The van der Waals surface area contributed by atoms with Crippen LogP contribution in [-0.4, -0.2) is 34.8 Å². The molecule has 0 radical (unpaired) electrons. The Kier molecular flexibility index (Phi) is 3.89. The van der Waals surface area contributed by atoms with Gasteiger partial charge in [-0.15, -0.1) is 11.3 Å². The van der Waals surface area contributed by atoms with Gasteiger partial charge in [-0.05, 0) is 17.9 Å². The molecule has 2 aromatic rings. The molecule has 0 saturated carbocycles. The highest BCUT2D eigenvalue weighted by molar-refractivity contribution is 7.99. The number of thiophene rings is 1. The Morgan fingerprint density at radius 1 is 1.42 bits per heavy atom. The summed E-state index contributed by atoms with van der Waals surface area (Å²) in [7, 11) is 0. The minimum absolute atomic E-state index is 0.0510. The van der Waals surface area contributed by atoms with Crippen molar-refractivity contribution >= 4 is 29.0 Å². The van der Waals surface area contributed by atoms with Gasteiger partial charge in [0.2, 0.25) is 5.76 Å². The molecule has 1 saturated heterocycles. The van der Waals surface area contributed by atoms with Crippen molar-refractivity contribution in [2.24, 2.45) is 0 Å². The molecule has 0 aliphatic carbocycles. The fraction of sp³-hybridized carbons (Fsp3) is 0.385. The van der Waals surface area contributed by atoms with Crippen LogP contribution >= 0.6 is 23.1 Å². The van der Waals surface area contributed by atoms with E-state index in [1.54, 1.807) is 17.4 Å². The number of aromatic nitrogens is 1. The molecule has 3 rings (SSSR count). The van der Waals surface area contributed by atoms with Crippen molar-refractivity contribution < 1.29 is 9.32 Å². The van der Waals surface area contributed by atoms with Crippen LogP contribution < -0.4 is 0 Å². The minimum atomic E-state index is -0.0510. The van der Waals surface area contributed by atoms with Crippen LogP contribution in [0.5, 0.6) is 0 Å². The Balaban J connectivity index is 1.66. The van der Waals surface area contributed by atoms with Gasteiger partial charge in [-0.1, -0.05) is 11.2 Å². The van der Waals surface area contributed by atoms with Crippen LogP contribution in [0.4, 0.5) is 0 Å². The molecule has 0 spiro atoms. The first-order valence-corrected chi connectivity index (χ1v) is 8.12. The van der Waals surface area contributed by atoms with Crippen LogP contribution in [0.25, 0.3) is 0 Å². The second-order valence-electron chi connectivity index (χ2n) is 4.33. The first kappa shape index (κ1) is 12.7. The zero-order chi connectivity index (χ0) is 13.1. The standard InChI is InChI=1S/C13H14N2O2S2/c16-13(10-3-5-14-17-10)15-6-4-12(19-9-7-15)11-2-1-8-18-11/h1-3,5,8,12H,4,6-7,9H2/t12-/m0/s1. The summed E-state index contributed by atoms with van der Waals surface area (Å²) in [5.41, 5.74) is 0. The lowest BCUT2D eigenvalue weighted by Gasteiger charge is -2.18. The highest BCUT2D eigenvalue weighted by atomic mass is 32.2. The molecule has 1 amide bonds. The van der Waals surface area contributed by atoms with Gasteiger partial charge in [-0.3, -0.25) is 4.79 Å². The Labute approximate surface area is 119 Å². The molecule has 1 aliphatic rings. The number of amides is 1. The Morgan fingerprint density at radius 2 is 2.37 bits per heavy atom. The van der Waals surface area contributed by atoms with Crippen molar-refractivity contribution in [3.8, 4) is 0 Å². The number of carbonyl (C=O) groups is 1. The van der Waals surface area contributed by atoms with Crippen LogP contribution in [0.15, 0.2) is 34.3 Å². The van der Waals surface area contributed by atoms with Gasteiger partial charge >= 0.3 is 0 Å². The van der Waals surface area contributed by atoms with E-state index in [4.69, 9.17) is 4.52 Å². The molecule has 2 aromatic heterocycles. The second kappa shape index (κ2) is 5.79. The van der Waals surface area contributed by atoms with Gasteiger partial charge in [0.1, 0.15) is 0 Å². The third-order valence-electron chi connectivity index (χ3n) is 3.14. The average molecular weight is 294 g/mol. The third-order valence-corrected chi connectivity index (χ3v) is 5.58. The van der Waals surface area contributed by atoms with Crippen molar-refractivity contribution in [1.82, 2.24) is 10.1 Å². The molecule has 0 bridgehead atoms. The van der Waals surface area contributed by atoms with E-state index in [2.05, 4.69) is 22.7 Å². The lowest BCUT2D eigenvalue weighted by atomic mass is 10.2. The van der Waals surface area contributed by atoms with Crippen LogP contribution in [-0.2, 0) is 0 Å². The fourth-order valence-electron chi connectivity index (χ4n) is 2.16. The van der Waals surface area contributed by atoms with E-state index in [1.165, 1.54) is 11.1 Å². The summed E-state index contributed by atoms with van der Waals surface area (Å²) >= 11 is 3.72. The maximum atomic E-state index is 12.2. The van der Waals surface area contributed by atoms with Gasteiger partial charge in [-0.25, -0.2) is 0 Å². The summed E-state index contributed by atoms with van der Waals surface area (Å²) in [6.07, 6.45) is 2.50. The summed E-state index contributed by atoms with van der Waals surface area (Å²) in [4.78, 5) is 15.5. The normalized spacial score (nSPS) is 20.2. The van der Waals surface area contributed by atoms with Gasteiger partial charge < -0.3 is 9.42 Å². The van der Waals surface area contributed by atoms with Crippen molar-refractivity contribution in [2.45, 2.75) is 11.7 Å². The maximum Gasteiger partial charge on any atom is 0.292 e. The highest BCUT2D eigenvalue weighted by Gasteiger charge is 2.24. The fourth-order valence-corrected chi connectivity index (χ4v) is 4.39. The first-order chi connectivity index (χ1) is 9.34. The highest BCUT2D eigenvalue weighted by Crippen LogP contribution is 2.36. The monoisotopic (exact) mass is 294 g/mol. The summed E-state index contributed by atoms with van der Waals surface area (Å²) in [6.45, 7) is 1.54. The summed E-state index contributed by atoms with van der Waals surface area (Å²) in [6, 6.07) is 5.89. The number of hydrogen-bond acceptors (Lipinski definition) is 5. The molecule has 6 heteroatoms. The van der Waals surface area contributed by atoms with E-state index < -0.39 is 0 Å². The van der Waals surface area contributed by atoms with Crippen LogP contribution in [0.1, 0.15) is 27.1 Å². The van der Waals surface area contributed by atoms with E-state index in [0.29, 0.717) is 11.0 Å². The van der Waals surface area contributed by atoms with Crippen LogP contribution in [0, 0.1) is 0 Å². The summed E-state index contributed by atoms with van der Waals surface area (Å²) < 4.78 is 4.94. The van der Waals surface area contributed by atoms with Crippen molar-refractivity contribution in [3.63, 3.8) is 0 Å². The zero-order valence-corrected chi connectivity index (χ0v) is 12.0. The molecule has 1 fully saturated rings. The molecule has 1 atom stereocenters. The van der Waals surface area contributed by atoms with Crippen molar-refractivity contribution in [3.05, 3.63) is 40.4 Å². The predicted molar refractivity (Wildman–Crippen MR) is 76.5 cm³/mol. The van der Waals surface area contributed by atoms with E-state index in [-0.39, 0.29) is 5.91 Å². The van der Waals surface area contributed by atoms with E-state index in [1.807, 2.05) is 16.7 Å². The van der Waals surface area contributed by atoms with Crippen molar-refractivity contribution in [2.75, 3.05) is 18.8 Å². The minimum Gasteiger partial charge on any atom is -0.351 e. The van der Waals surface area contributed by atoms with Crippen LogP contribution in [0.2, 0.25) is 0 Å². The predicted octanol–water partition coefficient (Wildman–Crippen LogP) is 3.06. The molecule has 19 heavy (non-hydrogen) atoms.